The van der Waals surface area contributed by atoms with E-state index in [4.69, 9.17) is 48.5 Å². The number of carboxylic acid groups (broad SMARTS) is 4. The fourth-order valence-corrected chi connectivity index (χ4v) is 2.39. The average molecular weight is 518 g/mol. The maximum atomic E-state index is 10.4. The van der Waals surface area contributed by atoms with Crippen molar-refractivity contribution in [3.8, 4) is 0 Å². The molecule has 4 atom stereocenters. The van der Waals surface area contributed by atoms with Crippen LogP contribution in [0.3, 0.4) is 0 Å². The van der Waals surface area contributed by atoms with Crippen molar-refractivity contribution in [2.75, 3.05) is 19.7 Å². The van der Waals surface area contributed by atoms with Gasteiger partial charge in [0.15, 0.2) is 0 Å². The Labute approximate surface area is 209 Å². The number of nitrogens with two attached hydrogens (primary N) is 4. The highest BCUT2D eigenvalue weighted by Gasteiger charge is 2.20. The lowest BCUT2D eigenvalue weighted by Gasteiger charge is -2.04. The van der Waals surface area contributed by atoms with Crippen LogP contribution in [0.2, 0.25) is 0 Å². The number of rotatable bonds is 10. The summed E-state index contributed by atoms with van der Waals surface area (Å²) in [4.78, 5) is 40.2. The zero-order chi connectivity index (χ0) is 28.1. The van der Waals surface area contributed by atoms with Crippen LogP contribution in [-0.4, -0.2) is 93.3 Å². The first kappa shape index (κ1) is 35.0. The maximum Gasteiger partial charge on any atom is 0.322 e. The summed E-state index contributed by atoms with van der Waals surface area (Å²) in [5.41, 5.74) is 21.3. The molecular weight excluding hydrogens is 478 g/mol. The molecule has 1 aliphatic rings. The van der Waals surface area contributed by atoms with E-state index in [0.29, 0.717) is 25.8 Å². The van der Waals surface area contributed by atoms with E-state index in [2.05, 4.69) is 5.32 Å². The molecule has 14 nitrogen and oxygen atoms in total. The molecule has 1 aromatic carbocycles. The predicted octanol–water partition coefficient (Wildman–Crippen LogP) is -2.01. The summed E-state index contributed by atoms with van der Waals surface area (Å²) in [6.07, 6.45) is 3.31. The second-order valence-corrected chi connectivity index (χ2v) is 7.62. The van der Waals surface area contributed by atoms with Gasteiger partial charge in [0.25, 0.3) is 0 Å². The quantitative estimate of drug-likeness (QED) is 0.160. The van der Waals surface area contributed by atoms with E-state index in [1.165, 1.54) is 0 Å². The van der Waals surface area contributed by atoms with E-state index in [-0.39, 0.29) is 6.04 Å². The van der Waals surface area contributed by atoms with Crippen molar-refractivity contribution in [1.82, 2.24) is 5.32 Å². The number of aliphatic carboxylic acids is 4. The number of carbonyl (C=O) groups is 4. The Bertz CT molecular complexity index is 762. The fourth-order valence-electron chi connectivity index (χ4n) is 2.39. The zero-order valence-corrected chi connectivity index (χ0v) is 20.0. The summed E-state index contributed by atoms with van der Waals surface area (Å²) in [7, 11) is 0. The van der Waals surface area contributed by atoms with Gasteiger partial charge in [0, 0.05) is 0 Å². The van der Waals surface area contributed by atoms with Crippen molar-refractivity contribution >= 4 is 23.9 Å². The van der Waals surface area contributed by atoms with Gasteiger partial charge in [-0.1, -0.05) is 30.3 Å². The molecule has 206 valence electrons. The molecule has 0 aromatic heterocycles. The summed E-state index contributed by atoms with van der Waals surface area (Å²) >= 11 is 0. The van der Waals surface area contributed by atoms with Crippen LogP contribution in [0, 0.1) is 0 Å². The molecular formula is C22H39N5O9. The molecule has 0 aliphatic carbocycles. The van der Waals surface area contributed by atoms with Crippen LogP contribution >= 0.6 is 0 Å². The highest BCUT2D eigenvalue weighted by molar-refractivity contribution is 5.74. The third-order valence-corrected chi connectivity index (χ3v) is 4.52. The molecule has 36 heavy (non-hydrogen) atoms. The Morgan fingerprint density at radius 3 is 1.72 bits per heavy atom. The van der Waals surface area contributed by atoms with Gasteiger partial charge in [-0.25, -0.2) is 0 Å². The number of hydrogen-bond donors (Lipinski definition) is 10. The SMILES string of the molecule is NCCC[C@H](N)C(=O)O.N[C@@H](CO)C(=O)O.N[C@@H](Cc1ccccc1)C(=O)O.O=C(O)[C@@H]1CCCN1. The van der Waals surface area contributed by atoms with Crippen LogP contribution < -0.4 is 28.3 Å². The summed E-state index contributed by atoms with van der Waals surface area (Å²) in [6.45, 7) is 0.854. The summed E-state index contributed by atoms with van der Waals surface area (Å²) in [6, 6.07) is 6.41. The number of nitrogens with one attached hydrogen (secondary N) is 1. The molecule has 1 aliphatic heterocycles. The van der Waals surface area contributed by atoms with E-state index in [9.17, 15) is 19.2 Å². The molecule has 0 bridgehead atoms. The minimum absolute atomic E-state index is 0.269. The molecule has 0 spiro atoms. The molecule has 0 amide bonds. The second kappa shape index (κ2) is 21.2. The third-order valence-electron chi connectivity index (χ3n) is 4.52. The minimum Gasteiger partial charge on any atom is -0.480 e. The van der Waals surface area contributed by atoms with Gasteiger partial charge in [-0.3, -0.25) is 19.2 Å². The zero-order valence-electron chi connectivity index (χ0n) is 20.0. The van der Waals surface area contributed by atoms with Crippen molar-refractivity contribution in [2.24, 2.45) is 22.9 Å². The first-order chi connectivity index (χ1) is 16.9. The van der Waals surface area contributed by atoms with E-state index in [1.54, 1.807) is 0 Å². The van der Waals surface area contributed by atoms with Crippen LogP contribution in [0.5, 0.6) is 0 Å². The third kappa shape index (κ3) is 19.2. The molecule has 2 rings (SSSR count). The van der Waals surface area contributed by atoms with Crippen LogP contribution in [0.15, 0.2) is 30.3 Å². The summed E-state index contributed by atoms with van der Waals surface area (Å²) in [5, 5.41) is 43.9. The van der Waals surface area contributed by atoms with Crippen LogP contribution in [-0.2, 0) is 25.6 Å². The predicted molar refractivity (Wildman–Crippen MR) is 131 cm³/mol. The average Bonchev–Trinajstić information content (AvgIpc) is 3.39. The van der Waals surface area contributed by atoms with E-state index in [0.717, 1.165) is 24.9 Å². The van der Waals surface area contributed by atoms with Gasteiger partial charge in [-0.15, -0.1) is 0 Å². The Morgan fingerprint density at radius 1 is 0.889 bits per heavy atom. The normalized spacial score (nSPS) is 16.3. The number of carboxylic acids is 4. The molecule has 14 heteroatoms. The molecule has 1 saturated heterocycles. The Hall–Kier alpha value is -3.14. The van der Waals surface area contributed by atoms with Crippen LogP contribution in [0.4, 0.5) is 0 Å². The van der Waals surface area contributed by atoms with Gasteiger partial charge < -0.3 is 53.8 Å². The van der Waals surface area contributed by atoms with E-state index in [1.807, 2.05) is 30.3 Å². The Balaban J connectivity index is 0. The molecule has 0 radical (unpaired) electrons. The van der Waals surface area contributed by atoms with Crippen LogP contribution in [0.1, 0.15) is 31.2 Å². The lowest BCUT2D eigenvalue weighted by Crippen LogP contribution is -2.33. The Morgan fingerprint density at radius 2 is 1.42 bits per heavy atom. The minimum atomic E-state index is -1.18. The highest BCUT2D eigenvalue weighted by atomic mass is 16.4. The summed E-state index contributed by atoms with van der Waals surface area (Å²) in [5.74, 6) is -3.81. The molecule has 1 fully saturated rings. The molecule has 0 unspecified atom stereocenters. The first-order valence-electron chi connectivity index (χ1n) is 11.1. The van der Waals surface area contributed by atoms with Gasteiger partial charge in [0.1, 0.15) is 24.2 Å². The largest absolute Gasteiger partial charge is 0.480 e. The number of benzene rings is 1. The lowest BCUT2D eigenvalue weighted by molar-refractivity contribution is -0.140. The van der Waals surface area contributed by atoms with Crippen molar-refractivity contribution in [3.05, 3.63) is 35.9 Å². The number of aliphatic hydroxyl groups excluding tert-OH is 1. The van der Waals surface area contributed by atoms with E-state index >= 15 is 0 Å². The van der Waals surface area contributed by atoms with Gasteiger partial charge in [-0.05, 0) is 50.8 Å². The number of hydrogen-bond acceptors (Lipinski definition) is 10. The maximum absolute atomic E-state index is 10.4. The smallest absolute Gasteiger partial charge is 0.322 e. The van der Waals surface area contributed by atoms with Gasteiger partial charge in [0.2, 0.25) is 0 Å². The van der Waals surface area contributed by atoms with Crippen molar-refractivity contribution in [1.29, 1.82) is 0 Å². The highest BCUT2D eigenvalue weighted by Crippen LogP contribution is 2.03. The molecule has 14 N–H and O–H groups in total. The lowest BCUT2D eigenvalue weighted by atomic mass is 10.1. The van der Waals surface area contributed by atoms with Crippen molar-refractivity contribution in [2.45, 2.75) is 56.3 Å². The van der Waals surface area contributed by atoms with E-state index < -0.39 is 48.6 Å². The van der Waals surface area contributed by atoms with Gasteiger partial charge in [0.05, 0.1) is 6.61 Å². The summed E-state index contributed by atoms with van der Waals surface area (Å²) < 4.78 is 0. The Kier molecular flexibility index (Phi) is 20.6. The topological polar surface area (TPSA) is 286 Å². The number of aliphatic hydroxyl groups is 1. The molecule has 0 saturated carbocycles. The molecule has 1 heterocycles. The first-order valence-corrected chi connectivity index (χ1v) is 11.1. The standard InChI is InChI=1S/C9H11NO2.C5H12N2O2.C5H9NO2.C3H7NO3/c10-8(9(11)12)6-7-4-2-1-3-5-7;6-3-1-2-4(7)5(8)9;7-5(8)4-2-1-3-6-4;4-2(1-5)3(6)7/h1-5,8H,6,10H2,(H,11,12);4H,1-3,6-7H2,(H,8,9);4,6H,1-3H2,(H,7,8);2,5H,1,4H2,(H,6,7)/t8-;2*4-;2-/m0000/s1. The molecule has 1 aromatic rings. The second-order valence-electron chi connectivity index (χ2n) is 7.62. The fraction of sp³-hybridized carbons (Fsp3) is 0.545. The van der Waals surface area contributed by atoms with Crippen molar-refractivity contribution in [3.63, 3.8) is 0 Å². The van der Waals surface area contributed by atoms with Gasteiger partial charge in [-0.2, -0.15) is 0 Å². The monoisotopic (exact) mass is 517 g/mol. The van der Waals surface area contributed by atoms with Gasteiger partial charge >= 0.3 is 23.9 Å². The van der Waals surface area contributed by atoms with Crippen LogP contribution in [0.25, 0.3) is 0 Å². The van der Waals surface area contributed by atoms with Crippen molar-refractivity contribution < 1.29 is 44.7 Å².